The van der Waals surface area contributed by atoms with E-state index < -0.39 is 0 Å². The highest BCUT2D eigenvalue weighted by atomic mass is 32.1. The van der Waals surface area contributed by atoms with E-state index >= 15 is 0 Å². The van der Waals surface area contributed by atoms with Crippen LogP contribution in [0.25, 0.3) is 11.4 Å². The van der Waals surface area contributed by atoms with Crippen LogP contribution in [0, 0.1) is 0 Å². The van der Waals surface area contributed by atoms with Gasteiger partial charge in [-0.2, -0.15) is 0 Å². The molecule has 0 saturated carbocycles. The number of hydrogen-bond donors (Lipinski definition) is 2. The van der Waals surface area contributed by atoms with Crippen LogP contribution in [0.5, 0.6) is 0 Å². The van der Waals surface area contributed by atoms with Gasteiger partial charge in [-0.1, -0.05) is 129 Å². The molecule has 2 aliphatic heterocycles. The van der Waals surface area contributed by atoms with Crippen molar-refractivity contribution in [1.29, 1.82) is 0 Å². The number of carbonyl (C=O) groups excluding carboxylic acids is 2. The lowest BCUT2D eigenvalue weighted by molar-refractivity contribution is -0.117. The molecule has 6 heteroatoms. The van der Waals surface area contributed by atoms with Crippen molar-refractivity contribution < 1.29 is 9.59 Å². The Labute approximate surface area is 275 Å². The number of thiophene rings is 2. The van der Waals surface area contributed by atoms with Gasteiger partial charge in [0.2, 0.25) is 0 Å². The molecular weight excluding hydrogens is 581 g/mol. The normalized spacial score (nSPS) is 14.6. The second kappa shape index (κ2) is 19.4. The molecule has 44 heavy (non-hydrogen) atoms. The summed E-state index contributed by atoms with van der Waals surface area (Å²) in [5.41, 5.74) is 5.00. The number of unbranched alkanes of at least 4 members (excludes halogenated alkanes) is 18. The van der Waals surface area contributed by atoms with E-state index in [0.717, 1.165) is 22.6 Å². The van der Waals surface area contributed by atoms with Gasteiger partial charge in [0, 0.05) is 0 Å². The molecule has 0 unspecified atom stereocenters. The molecule has 4 heterocycles. The summed E-state index contributed by atoms with van der Waals surface area (Å²) in [5, 5.41) is 10.5. The third kappa shape index (κ3) is 10.4. The van der Waals surface area contributed by atoms with Crippen molar-refractivity contribution in [2.45, 2.75) is 155 Å². The molecule has 0 bridgehead atoms. The lowest BCUT2D eigenvalue weighted by Crippen LogP contribution is -2.20. The molecule has 0 atom stereocenters. The zero-order chi connectivity index (χ0) is 31.0. The minimum atomic E-state index is -0.169. The standard InChI is InChI=1S/C38H56N2O2S2/c1-3-5-7-9-11-13-15-17-19-21-23-29-25-31(43-27-29)35-33-34(38(42)39-35)36(40-37(33)41)32-26-30(28-44-32)24-22-20-18-16-14-12-10-8-6-4-2/h25-28H,3-24H2,1-2H3,(H,39,42)(H,40,41). The summed E-state index contributed by atoms with van der Waals surface area (Å²) in [6.07, 6.45) is 28.8. The molecule has 0 aliphatic carbocycles. The highest BCUT2D eigenvalue weighted by Gasteiger charge is 2.41. The molecule has 0 aromatic carbocycles. The topological polar surface area (TPSA) is 58.2 Å². The highest BCUT2D eigenvalue weighted by molar-refractivity contribution is 7.11. The SMILES string of the molecule is CCCCCCCCCCCCc1csc(C2=C3C(=O)NC(c4cc(CCCCCCCCCCCC)cs4)=C3C(=O)N2)c1. The van der Waals surface area contributed by atoms with Crippen molar-refractivity contribution in [1.82, 2.24) is 10.6 Å². The Morgan fingerprint density at radius 2 is 0.795 bits per heavy atom. The van der Waals surface area contributed by atoms with E-state index in [1.807, 2.05) is 0 Å². The van der Waals surface area contributed by atoms with Crippen molar-refractivity contribution in [2.75, 3.05) is 0 Å². The first-order chi connectivity index (χ1) is 21.6. The number of rotatable bonds is 24. The zero-order valence-corrected chi connectivity index (χ0v) is 29.1. The van der Waals surface area contributed by atoms with Crippen LogP contribution >= 0.6 is 22.7 Å². The summed E-state index contributed by atoms with van der Waals surface area (Å²) in [5.74, 6) is -0.338. The molecule has 2 aliphatic rings. The largest absolute Gasteiger partial charge is 0.320 e. The first-order valence-electron chi connectivity index (χ1n) is 17.9. The third-order valence-electron chi connectivity index (χ3n) is 9.12. The summed E-state index contributed by atoms with van der Waals surface area (Å²) in [4.78, 5) is 28.2. The van der Waals surface area contributed by atoms with Gasteiger partial charge in [-0.25, -0.2) is 0 Å². The van der Waals surface area contributed by atoms with Crippen LogP contribution in [-0.4, -0.2) is 11.8 Å². The fourth-order valence-electron chi connectivity index (χ4n) is 6.46. The van der Waals surface area contributed by atoms with Gasteiger partial charge in [-0.3, -0.25) is 9.59 Å². The van der Waals surface area contributed by atoms with Crippen molar-refractivity contribution >= 4 is 45.9 Å². The molecule has 2 aromatic rings. The van der Waals surface area contributed by atoms with E-state index in [1.54, 1.807) is 22.7 Å². The fourth-order valence-corrected chi connectivity index (χ4v) is 8.37. The summed E-state index contributed by atoms with van der Waals surface area (Å²) >= 11 is 3.26. The van der Waals surface area contributed by atoms with Gasteiger partial charge in [0.1, 0.15) is 0 Å². The average molecular weight is 637 g/mol. The van der Waals surface area contributed by atoms with Crippen LogP contribution < -0.4 is 10.6 Å². The van der Waals surface area contributed by atoms with E-state index in [2.05, 4.69) is 47.4 Å². The first kappa shape index (κ1) is 34.7. The lowest BCUT2D eigenvalue weighted by Gasteiger charge is -2.04. The second-order valence-electron chi connectivity index (χ2n) is 12.9. The van der Waals surface area contributed by atoms with E-state index in [1.165, 1.54) is 140 Å². The minimum absolute atomic E-state index is 0.169. The van der Waals surface area contributed by atoms with Crippen LogP contribution in [0.15, 0.2) is 34.0 Å². The third-order valence-corrected chi connectivity index (χ3v) is 11.1. The van der Waals surface area contributed by atoms with E-state index in [-0.39, 0.29) is 11.8 Å². The Morgan fingerprint density at radius 3 is 1.14 bits per heavy atom. The Bertz CT molecular complexity index is 1150. The Balaban J connectivity index is 1.23. The summed E-state index contributed by atoms with van der Waals surface area (Å²) in [6, 6.07) is 4.34. The summed E-state index contributed by atoms with van der Waals surface area (Å²) in [7, 11) is 0. The highest BCUT2D eigenvalue weighted by Crippen LogP contribution is 2.40. The van der Waals surface area contributed by atoms with Gasteiger partial charge in [0.25, 0.3) is 11.8 Å². The van der Waals surface area contributed by atoms with Crippen LogP contribution in [0.3, 0.4) is 0 Å². The number of carbonyl (C=O) groups is 2. The molecule has 4 nitrogen and oxygen atoms in total. The second-order valence-corrected chi connectivity index (χ2v) is 14.7. The molecule has 0 saturated heterocycles. The Kier molecular flexibility index (Phi) is 15.3. The number of aryl methyl sites for hydroxylation is 2. The van der Waals surface area contributed by atoms with Crippen molar-refractivity contribution in [3.8, 4) is 0 Å². The molecule has 242 valence electrons. The molecule has 0 radical (unpaired) electrons. The average Bonchev–Trinajstić information content (AvgIpc) is 3.81. The van der Waals surface area contributed by atoms with Crippen molar-refractivity contribution in [3.05, 3.63) is 54.9 Å². The first-order valence-corrected chi connectivity index (χ1v) is 19.7. The molecule has 2 N–H and O–H groups in total. The van der Waals surface area contributed by atoms with Crippen LogP contribution in [0.1, 0.15) is 163 Å². The predicted molar refractivity (Wildman–Crippen MR) is 190 cm³/mol. The Morgan fingerprint density at radius 1 is 0.477 bits per heavy atom. The van der Waals surface area contributed by atoms with Gasteiger partial charge in [0.05, 0.1) is 32.3 Å². The van der Waals surface area contributed by atoms with E-state index in [9.17, 15) is 9.59 Å². The molecule has 0 spiro atoms. The quantitative estimate of drug-likeness (QED) is 0.113. The predicted octanol–water partition coefficient (Wildman–Crippen LogP) is 11.1. The maximum absolute atomic E-state index is 13.1. The zero-order valence-electron chi connectivity index (χ0n) is 27.5. The van der Waals surface area contributed by atoms with Crippen LogP contribution in [0.2, 0.25) is 0 Å². The number of amides is 2. The maximum Gasteiger partial charge on any atom is 0.258 e. The lowest BCUT2D eigenvalue weighted by atomic mass is 10.0. The maximum atomic E-state index is 13.1. The van der Waals surface area contributed by atoms with Gasteiger partial charge in [-0.15, -0.1) is 22.7 Å². The number of nitrogens with one attached hydrogen (secondary N) is 2. The monoisotopic (exact) mass is 636 g/mol. The fraction of sp³-hybridized carbons (Fsp3) is 0.632. The molecule has 2 aromatic heterocycles. The van der Waals surface area contributed by atoms with Gasteiger partial charge < -0.3 is 10.6 Å². The van der Waals surface area contributed by atoms with Crippen LogP contribution in [-0.2, 0) is 22.4 Å². The molecule has 0 fully saturated rings. The van der Waals surface area contributed by atoms with Crippen molar-refractivity contribution in [3.63, 3.8) is 0 Å². The van der Waals surface area contributed by atoms with E-state index in [4.69, 9.17) is 0 Å². The summed E-state index contributed by atoms with van der Waals surface area (Å²) < 4.78 is 0. The number of hydrogen-bond acceptors (Lipinski definition) is 4. The molecule has 4 rings (SSSR count). The number of fused-ring (bicyclic) bond motifs is 1. The van der Waals surface area contributed by atoms with E-state index in [0.29, 0.717) is 22.5 Å². The minimum Gasteiger partial charge on any atom is -0.320 e. The molecule has 2 amide bonds. The van der Waals surface area contributed by atoms with Gasteiger partial charge in [-0.05, 0) is 59.7 Å². The van der Waals surface area contributed by atoms with Crippen molar-refractivity contribution in [2.24, 2.45) is 0 Å². The van der Waals surface area contributed by atoms with Gasteiger partial charge in [0.15, 0.2) is 0 Å². The molecular formula is C38H56N2O2S2. The smallest absolute Gasteiger partial charge is 0.258 e. The van der Waals surface area contributed by atoms with Crippen LogP contribution in [0.4, 0.5) is 0 Å². The summed E-state index contributed by atoms with van der Waals surface area (Å²) in [6.45, 7) is 4.54. The Hall–Kier alpha value is -2.18. The van der Waals surface area contributed by atoms with Gasteiger partial charge >= 0.3 is 0 Å².